The number of anilines is 3. The summed E-state index contributed by atoms with van der Waals surface area (Å²) in [5.41, 5.74) is 3.56. The Bertz CT molecular complexity index is 1510. The molecule has 0 saturated heterocycles. The van der Waals surface area contributed by atoms with Crippen LogP contribution in [0.15, 0.2) is 87.8 Å². The van der Waals surface area contributed by atoms with Gasteiger partial charge in [-0.3, -0.25) is 5.32 Å². The van der Waals surface area contributed by atoms with Crippen LogP contribution in [0.25, 0.3) is 0 Å². The summed E-state index contributed by atoms with van der Waals surface area (Å²) in [4.78, 5) is 79.0. The Morgan fingerprint density at radius 2 is 0.889 bits per heavy atom. The highest BCUT2D eigenvalue weighted by Gasteiger charge is 2.18. The zero-order valence-corrected chi connectivity index (χ0v) is 23.7. The van der Waals surface area contributed by atoms with Crippen molar-refractivity contribution in [3.63, 3.8) is 0 Å². The van der Waals surface area contributed by atoms with Gasteiger partial charge in [0.15, 0.2) is 0 Å². The number of aliphatic imine (C=N–C) groups is 3. The van der Waals surface area contributed by atoms with Crippen LogP contribution in [0.5, 0.6) is 0 Å². The molecular formula is C30H28N8O7. The fourth-order valence-electron chi connectivity index (χ4n) is 3.67. The number of carbonyl (C=O) groups is 3. The number of ether oxygens (including phenoxy) is 1. The van der Waals surface area contributed by atoms with Gasteiger partial charge in [-0.2, -0.15) is 0 Å². The summed E-state index contributed by atoms with van der Waals surface area (Å²) in [6.45, 7) is 0.145. The van der Waals surface area contributed by atoms with Crippen LogP contribution in [0.1, 0.15) is 16.7 Å². The molecule has 0 unspecified atom stereocenters. The van der Waals surface area contributed by atoms with E-state index in [0.29, 0.717) is 17.1 Å². The van der Waals surface area contributed by atoms with E-state index in [0.717, 1.165) is 16.7 Å². The molecule has 0 aliphatic rings. The molecule has 0 aromatic heterocycles. The second-order valence-electron chi connectivity index (χ2n) is 9.14. The molecule has 0 bridgehead atoms. The fourth-order valence-corrected chi connectivity index (χ4v) is 3.67. The van der Waals surface area contributed by atoms with Gasteiger partial charge in [-0.05, 0) is 53.1 Å². The molecule has 15 nitrogen and oxygen atoms in total. The number of rotatable bonds is 14. The van der Waals surface area contributed by atoms with Crippen LogP contribution in [-0.4, -0.2) is 55.6 Å². The van der Waals surface area contributed by atoms with Gasteiger partial charge in [0, 0.05) is 17.1 Å². The maximum Gasteiger partial charge on any atom is 0.412 e. The number of nitrogens with zero attached hydrogens (tertiary/aromatic N) is 3. The highest BCUT2D eigenvalue weighted by molar-refractivity contribution is 5.90. The molecule has 3 rings (SSSR count). The first-order chi connectivity index (χ1) is 21.9. The third-order valence-electron chi connectivity index (χ3n) is 5.86. The second kappa shape index (κ2) is 18.2. The first kappa shape index (κ1) is 33.1. The molecule has 0 aliphatic carbocycles. The number of nitrogens with one attached hydrogen (secondary N) is 5. The van der Waals surface area contributed by atoms with Crippen molar-refractivity contribution >= 4 is 53.5 Å². The minimum atomic E-state index is -0.991. The highest BCUT2D eigenvalue weighted by Crippen LogP contribution is 2.13. The first-order valence-corrected chi connectivity index (χ1v) is 13.3. The Morgan fingerprint density at radius 3 is 1.22 bits per heavy atom. The zero-order valence-electron chi connectivity index (χ0n) is 23.7. The van der Waals surface area contributed by atoms with E-state index < -0.39 is 24.3 Å². The van der Waals surface area contributed by atoms with E-state index in [9.17, 15) is 28.8 Å². The average Bonchev–Trinajstić information content (AvgIpc) is 3.05. The van der Waals surface area contributed by atoms with E-state index >= 15 is 0 Å². The molecule has 0 fully saturated rings. The summed E-state index contributed by atoms with van der Waals surface area (Å²) in [5.74, 6) is 0. The minimum Gasteiger partial charge on any atom is -0.442 e. The summed E-state index contributed by atoms with van der Waals surface area (Å²) >= 11 is 0. The van der Waals surface area contributed by atoms with Crippen LogP contribution in [-0.2, 0) is 38.8 Å². The molecule has 0 heterocycles. The molecule has 3 aromatic carbocycles. The first-order valence-electron chi connectivity index (χ1n) is 13.3. The maximum absolute atomic E-state index is 12.6. The van der Waals surface area contributed by atoms with Gasteiger partial charge in [-0.15, -0.1) is 0 Å². The van der Waals surface area contributed by atoms with Crippen molar-refractivity contribution in [2.24, 2.45) is 15.0 Å². The lowest BCUT2D eigenvalue weighted by Crippen LogP contribution is -2.45. The predicted molar refractivity (Wildman–Crippen MR) is 163 cm³/mol. The van der Waals surface area contributed by atoms with Crippen LogP contribution < -0.4 is 26.6 Å². The molecule has 5 N–H and O–H groups in total. The maximum atomic E-state index is 12.6. The van der Waals surface area contributed by atoms with E-state index in [1.54, 1.807) is 72.8 Å². The van der Waals surface area contributed by atoms with Gasteiger partial charge in [0.25, 0.3) is 0 Å². The fraction of sp³-hybridized carbons (Fsp3) is 0.200. The lowest BCUT2D eigenvalue weighted by atomic mass is 10.2. The molecule has 15 heteroatoms. The third kappa shape index (κ3) is 12.6. The summed E-state index contributed by atoms with van der Waals surface area (Å²) in [7, 11) is 0. The molecule has 230 valence electrons. The lowest BCUT2D eigenvalue weighted by molar-refractivity contribution is 0.111. The number of urea groups is 2. The quantitative estimate of drug-likeness (QED) is 0.134. The number of amides is 5. The van der Waals surface area contributed by atoms with Crippen molar-refractivity contribution in [3.8, 4) is 0 Å². The van der Waals surface area contributed by atoms with Gasteiger partial charge in [0.1, 0.15) is 6.10 Å². The number of isocyanates is 3. The van der Waals surface area contributed by atoms with E-state index in [1.165, 1.54) is 18.2 Å². The highest BCUT2D eigenvalue weighted by atomic mass is 16.6. The van der Waals surface area contributed by atoms with Gasteiger partial charge in [0.2, 0.25) is 18.2 Å². The molecule has 0 aliphatic heterocycles. The Kier molecular flexibility index (Phi) is 13.4. The van der Waals surface area contributed by atoms with Crippen molar-refractivity contribution in [2.75, 3.05) is 29.0 Å². The van der Waals surface area contributed by atoms with E-state index in [-0.39, 0.29) is 32.7 Å². The third-order valence-corrected chi connectivity index (χ3v) is 5.86. The van der Waals surface area contributed by atoms with Crippen LogP contribution in [0.2, 0.25) is 0 Å². The normalized spacial score (nSPS) is 10.4. The summed E-state index contributed by atoms with van der Waals surface area (Å²) in [6.07, 6.45) is 2.54. The van der Waals surface area contributed by atoms with Crippen LogP contribution in [0.4, 0.5) is 31.4 Å². The average molecular weight is 613 g/mol. The number of carbonyl (C=O) groups excluding carboxylic acids is 6. The Balaban J connectivity index is 1.58. The predicted octanol–water partition coefficient (Wildman–Crippen LogP) is 3.75. The van der Waals surface area contributed by atoms with Crippen molar-refractivity contribution in [3.05, 3.63) is 89.5 Å². The molecule has 0 atom stereocenters. The van der Waals surface area contributed by atoms with Gasteiger partial charge in [0.05, 0.1) is 32.7 Å². The number of hydrogen-bond acceptors (Lipinski definition) is 10. The lowest BCUT2D eigenvalue weighted by Gasteiger charge is -2.20. The standard InChI is InChI=1S/C30H28N8O7/c39-18-31-13-21-1-7-24(8-2-21)36-28(42)34-16-27(45-30(44)38-26-11-5-23(6-12-26)15-33-20-41)17-35-29(43)37-25-9-3-22(4-10-25)14-32-19-40/h1-12,27H,13-17H2,(H,38,44)(H2,34,36,42)(H2,35,37,43). The summed E-state index contributed by atoms with van der Waals surface area (Å²) < 4.78 is 5.47. The molecule has 45 heavy (non-hydrogen) atoms. The smallest absolute Gasteiger partial charge is 0.412 e. The Labute approximate surface area is 256 Å². The van der Waals surface area contributed by atoms with Crippen molar-refractivity contribution in [1.29, 1.82) is 0 Å². The SMILES string of the molecule is O=C=NCc1ccc(NC(=O)NCC(CNC(=O)Nc2ccc(CN=C=O)cc2)OC(=O)Nc2ccc(CN=C=O)cc2)cc1. The Hall–Kier alpha value is -6.39. The van der Waals surface area contributed by atoms with Crippen molar-refractivity contribution in [1.82, 2.24) is 10.6 Å². The van der Waals surface area contributed by atoms with E-state index in [2.05, 4.69) is 41.6 Å². The molecule has 0 radical (unpaired) electrons. The van der Waals surface area contributed by atoms with Crippen molar-refractivity contribution in [2.45, 2.75) is 25.7 Å². The Morgan fingerprint density at radius 1 is 0.556 bits per heavy atom. The van der Waals surface area contributed by atoms with E-state index in [1.807, 2.05) is 0 Å². The summed E-state index contributed by atoms with van der Waals surface area (Å²) in [6, 6.07) is 18.6. The topological polar surface area (TPSA) is 209 Å². The molecule has 3 aromatic rings. The molecule has 5 amide bonds. The number of hydrogen-bond donors (Lipinski definition) is 5. The zero-order chi connectivity index (χ0) is 32.3. The van der Waals surface area contributed by atoms with Crippen LogP contribution >= 0.6 is 0 Å². The van der Waals surface area contributed by atoms with Gasteiger partial charge in [-0.1, -0.05) is 36.4 Å². The largest absolute Gasteiger partial charge is 0.442 e. The monoisotopic (exact) mass is 612 g/mol. The van der Waals surface area contributed by atoms with Gasteiger partial charge in [-0.25, -0.2) is 43.7 Å². The molecular weight excluding hydrogens is 584 g/mol. The van der Waals surface area contributed by atoms with Crippen molar-refractivity contribution < 1.29 is 33.5 Å². The van der Waals surface area contributed by atoms with Gasteiger partial charge < -0.3 is 26.0 Å². The molecule has 0 saturated carbocycles. The van der Waals surface area contributed by atoms with Gasteiger partial charge >= 0.3 is 18.2 Å². The second-order valence-corrected chi connectivity index (χ2v) is 9.14. The van der Waals surface area contributed by atoms with Crippen LogP contribution in [0, 0.1) is 0 Å². The van der Waals surface area contributed by atoms with Crippen LogP contribution in [0.3, 0.4) is 0 Å². The number of benzene rings is 3. The minimum absolute atomic E-state index is 0.148. The summed E-state index contributed by atoms with van der Waals surface area (Å²) in [5, 5.41) is 13.0. The van der Waals surface area contributed by atoms with E-state index in [4.69, 9.17) is 4.74 Å². The molecule has 0 spiro atoms.